The zero-order valence-corrected chi connectivity index (χ0v) is 27.7. The van der Waals surface area contributed by atoms with E-state index < -0.39 is 0 Å². The van der Waals surface area contributed by atoms with Crippen LogP contribution in [0.5, 0.6) is 0 Å². The average Bonchev–Trinajstić information content (AvgIpc) is 3.77. The first-order chi connectivity index (χ1) is 25.7. The Hall–Kier alpha value is -7.05. The molecule has 1 aliphatic rings. The lowest BCUT2D eigenvalue weighted by atomic mass is 9.94. The molecule has 6 heteroatoms. The minimum Gasteiger partial charge on any atom is -0.456 e. The van der Waals surface area contributed by atoms with E-state index in [0.29, 0.717) is 5.84 Å². The molecule has 1 unspecified atom stereocenters. The quantitative estimate of drug-likeness (QED) is 0.202. The van der Waals surface area contributed by atoms with Gasteiger partial charge in [-0.15, -0.1) is 0 Å². The Balaban J connectivity index is 1.06. The molecule has 6 nitrogen and oxygen atoms in total. The van der Waals surface area contributed by atoms with E-state index >= 15 is 0 Å². The summed E-state index contributed by atoms with van der Waals surface area (Å²) in [6.07, 6.45) is -0.372. The highest BCUT2D eigenvalue weighted by molar-refractivity contribution is 6.22. The number of fused-ring (bicyclic) bond motifs is 8. The number of rotatable bonds is 4. The molecular weight excluding hydrogens is 641 g/mol. The number of hydrogen-bond donors (Lipinski definition) is 1. The van der Waals surface area contributed by atoms with E-state index in [-0.39, 0.29) is 6.17 Å². The van der Waals surface area contributed by atoms with Crippen LogP contribution in [0.4, 0.5) is 0 Å². The number of hydrogen-bond acceptors (Lipinski definition) is 6. The number of para-hydroxylation sites is 2. The monoisotopic (exact) mass is 668 g/mol. The molecule has 1 aliphatic heterocycles. The largest absolute Gasteiger partial charge is 0.456 e. The van der Waals surface area contributed by atoms with E-state index in [1.165, 1.54) is 0 Å². The van der Waals surface area contributed by atoms with Crippen molar-refractivity contribution >= 4 is 77.4 Å². The summed E-state index contributed by atoms with van der Waals surface area (Å²) in [6.45, 7) is 0. The van der Waals surface area contributed by atoms with E-state index in [9.17, 15) is 0 Å². The molecule has 11 rings (SSSR count). The molecule has 1 atom stereocenters. The van der Waals surface area contributed by atoms with E-state index in [1.807, 2.05) is 66.7 Å². The maximum atomic E-state index is 6.37. The van der Waals surface area contributed by atoms with Crippen molar-refractivity contribution in [3.63, 3.8) is 0 Å². The number of nitrogens with one attached hydrogen (secondary N) is 1. The van der Waals surface area contributed by atoms with Crippen LogP contribution in [0, 0.1) is 0 Å². The molecule has 0 saturated carbocycles. The van der Waals surface area contributed by atoms with Gasteiger partial charge in [-0.1, -0.05) is 121 Å². The molecule has 10 aromatic rings. The van der Waals surface area contributed by atoms with Crippen molar-refractivity contribution in [2.75, 3.05) is 0 Å². The number of furan rings is 2. The van der Waals surface area contributed by atoms with Gasteiger partial charge in [-0.3, -0.25) is 0 Å². The van der Waals surface area contributed by atoms with Crippen molar-refractivity contribution in [2.45, 2.75) is 6.17 Å². The molecule has 1 N–H and O–H groups in total. The lowest BCUT2D eigenvalue weighted by Gasteiger charge is -2.24. The molecule has 0 saturated heterocycles. The Morgan fingerprint density at radius 3 is 2.13 bits per heavy atom. The summed E-state index contributed by atoms with van der Waals surface area (Å²) in [5, 5.41) is 10.0. The molecule has 244 valence electrons. The normalized spacial score (nSPS) is 14.7. The molecule has 0 radical (unpaired) electrons. The van der Waals surface area contributed by atoms with E-state index in [1.54, 1.807) is 0 Å². The van der Waals surface area contributed by atoms with Gasteiger partial charge >= 0.3 is 0 Å². The molecule has 52 heavy (non-hydrogen) atoms. The zero-order chi connectivity index (χ0) is 34.2. The Morgan fingerprint density at radius 1 is 0.500 bits per heavy atom. The highest BCUT2D eigenvalue weighted by atomic mass is 16.3. The van der Waals surface area contributed by atoms with Gasteiger partial charge in [-0.2, -0.15) is 0 Å². The van der Waals surface area contributed by atoms with Gasteiger partial charge in [-0.25, -0.2) is 15.0 Å². The highest BCUT2D eigenvalue weighted by Gasteiger charge is 2.24. The fraction of sp³-hybridized carbons (Fsp3) is 0.0217. The van der Waals surface area contributed by atoms with Crippen molar-refractivity contribution in [1.29, 1.82) is 0 Å². The second-order valence-corrected chi connectivity index (χ2v) is 13.2. The molecule has 7 aromatic carbocycles. The van der Waals surface area contributed by atoms with E-state index in [4.69, 9.17) is 23.8 Å². The molecule has 0 fully saturated rings. The Kier molecular flexibility index (Phi) is 6.21. The van der Waals surface area contributed by atoms with Gasteiger partial charge in [0, 0.05) is 27.3 Å². The zero-order valence-electron chi connectivity index (χ0n) is 27.7. The van der Waals surface area contributed by atoms with Crippen molar-refractivity contribution in [1.82, 2.24) is 10.3 Å². The molecule has 4 heterocycles. The number of benzene rings is 7. The summed E-state index contributed by atoms with van der Waals surface area (Å²) in [7, 11) is 0. The molecule has 3 aromatic heterocycles. The third-order valence-electron chi connectivity index (χ3n) is 10.1. The number of nitrogens with zero attached hydrogens (tertiary/aromatic N) is 3. The van der Waals surface area contributed by atoms with Crippen molar-refractivity contribution < 1.29 is 8.83 Å². The number of pyridine rings is 1. The van der Waals surface area contributed by atoms with Gasteiger partial charge in [0.2, 0.25) is 0 Å². The molecular formula is C46H28N4O2. The van der Waals surface area contributed by atoms with Crippen molar-refractivity contribution in [3.05, 3.63) is 174 Å². The van der Waals surface area contributed by atoms with E-state index in [2.05, 4.69) is 96.3 Å². The van der Waals surface area contributed by atoms with Crippen LogP contribution in [0.15, 0.2) is 177 Å². The summed E-state index contributed by atoms with van der Waals surface area (Å²) >= 11 is 0. The highest BCUT2D eigenvalue weighted by Crippen LogP contribution is 2.40. The number of amidine groups is 2. The van der Waals surface area contributed by atoms with Crippen LogP contribution in [0.1, 0.15) is 22.9 Å². The first-order valence-electron chi connectivity index (χ1n) is 17.4. The SMILES string of the molecule is c1ccc(C2=NC(c3cccc4oc5ccccc5c34)=NC(c3ccc4c(-c5cccc6oc7cc8ccccc8nc7c56)cccc4c3)N2)cc1. The third kappa shape index (κ3) is 4.48. The van der Waals surface area contributed by atoms with Crippen LogP contribution in [0.2, 0.25) is 0 Å². The first kappa shape index (κ1) is 28.8. The van der Waals surface area contributed by atoms with Gasteiger partial charge in [0.1, 0.15) is 34.3 Å². The maximum Gasteiger partial charge on any atom is 0.160 e. The molecule has 0 amide bonds. The lowest BCUT2D eigenvalue weighted by molar-refractivity contribution is 0.668. The minimum atomic E-state index is -0.372. The van der Waals surface area contributed by atoms with Crippen LogP contribution in [0.3, 0.4) is 0 Å². The Labute approximate surface area is 297 Å². The fourth-order valence-corrected chi connectivity index (χ4v) is 7.71. The van der Waals surface area contributed by atoms with Crippen LogP contribution >= 0.6 is 0 Å². The summed E-state index contributed by atoms with van der Waals surface area (Å²) in [4.78, 5) is 15.5. The smallest absolute Gasteiger partial charge is 0.160 e. The maximum absolute atomic E-state index is 6.37. The Morgan fingerprint density at radius 2 is 1.21 bits per heavy atom. The van der Waals surface area contributed by atoms with Crippen LogP contribution < -0.4 is 5.32 Å². The summed E-state index contributed by atoms with van der Waals surface area (Å²) in [5.41, 5.74) is 10.3. The fourth-order valence-electron chi connectivity index (χ4n) is 7.71. The number of aliphatic imine (C=N–C) groups is 2. The Bertz CT molecular complexity index is 3120. The second-order valence-electron chi connectivity index (χ2n) is 13.2. The predicted molar refractivity (Wildman–Crippen MR) is 211 cm³/mol. The van der Waals surface area contributed by atoms with Gasteiger partial charge in [0.05, 0.1) is 10.9 Å². The van der Waals surface area contributed by atoms with E-state index in [0.717, 1.165) is 99.3 Å². The second kappa shape index (κ2) is 11.2. The van der Waals surface area contributed by atoms with Gasteiger partial charge in [0.25, 0.3) is 0 Å². The lowest BCUT2D eigenvalue weighted by Crippen LogP contribution is -2.33. The average molecular weight is 669 g/mol. The van der Waals surface area contributed by atoms with Crippen molar-refractivity contribution in [3.8, 4) is 11.1 Å². The topological polar surface area (TPSA) is 75.9 Å². The predicted octanol–water partition coefficient (Wildman–Crippen LogP) is 11.3. The van der Waals surface area contributed by atoms with Crippen molar-refractivity contribution in [2.24, 2.45) is 9.98 Å². The van der Waals surface area contributed by atoms with Crippen LogP contribution in [0.25, 0.3) is 76.8 Å². The van der Waals surface area contributed by atoms with Gasteiger partial charge in [0.15, 0.2) is 11.4 Å². The minimum absolute atomic E-state index is 0.372. The van der Waals surface area contributed by atoms with Gasteiger partial charge < -0.3 is 14.2 Å². The van der Waals surface area contributed by atoms with Crippen LogP contribution in [-0.4, -0.2) is 16.7 Å². The summed E-state index contributed by atoms with van der Waals surface area (Å²) in [5.74, 6) is 1.43. The molecule has 0 spiro atoms. The molecule has 0 aliphatic carbocycles. The van der Waals surface area contributed by atoms with Crippen LogP contribution in [-0.2, 0) is 0 Å². The number of aromatic nitrogens is 1. The summed E-state index contributed by atoms with van der Waals surface area (Å²) in [6, 6.07) is 54.1. The first-order valence-corrected chi connectivity index (χ1v) is 17.4. The third-order valence-corrected chi connectivity index (χ3v) is 10.1. The van der Waals surface area contributed by atoms with Gasteiger partial charge in [-0.05, 0) is 63.9 Å². The standard InChI is InChI=1S/C46H28N4O2/c1-2-11-27(12-3-1)44-48-45(50-46(49-44)35-18-10-21-38-41(35)34-15-5-7-20-37(34)51-38)30-23-24-31-28(25-30)14-8-16-32(31)33-17-9-22-39-42(33)43-40(52-39)26-29-13-4-6-19-36(29)47-43/h1-26,45H,(H,48,49,50). The molecule has 0 bridgehead atoms. The summed E-state index contributed by atoms with van der Waals surface area (Å²) < 4.78 is 12.6.